The molecule has 1 aromatic heterocycles. The van der Waals surface area contributed by atoms with E-state index < -0.39 is 6.09 Å². The molecule has 0 saturated carbocycles. The Balaban J connectivity index is 1.35. The van der Waals surface area contributed by atoms with Crippen LogP contribution in [0, 0.1) is 0 Å². The summed E-state index contributed by atoms with van der Waals surface area (Å²) in [6, 6.07) is 9.63. The zero-order valence-corrected chi connectivity index (χ0v) is 16.2. The summed E-state index contributed by atoms with van der Waals surface area (Å²) < 4.78 is 10.8. The van der Waals surface area contributed by atoms with Gasteiger partial charge < -0.3 is 25.0 Å². The number of carbonyl (C=O) groups is 1. The van der Waals surface area contributed by atoms with E-state index in [1.165, 1.54) is 0 Å². The van der Waals surface area contributed by atoms with Crippen molar-refractivity contribution in [2.24, 2.45) is 0 Å². The first-order valence-electron chi connectivity index (χ1n) is 9.45. The van der Waals surface area contributed by atoms with E-state index in [0.29, 0.717) is 24.9 Å². The van der Waals surface area contributed by atoms with Crippen LogP contribution in [-0.4, -0.2) is 48.3 Å². The van der Waals surface area contributed by atoms with Crippen LogP contribution in [0.4, 0.5) is 10.7 Å². The van der Waals surface area contributed by atoms with Gasteiger partial charge in [0, 0.05) is 25.2 Å². The van der Waals surface area contributed by atoms with Crippen LogP contribution < -0.4 is 20.3 Å². The monoisotopic (exact) mass is 383 g/mol. The number of hydrogen-bond acceptors (Lipinski definition) is 7. The lowest BCUT2D eigenvalue weighted by molar-refractivity contribution is 0.123. The van der Waals surface area contributed by atoms with Crippen LogP contribution in [0.25, 0.3) is 0 Å². The molecule has 0 aliphatic carbocycles. The number of ether oxygens (including phenoxy) is 2. The molecule has 2 N–H and O–H groups in total. The summed E-state index contributed by atoms with van der Waals surface area (Å²) in [5.41, 5.74) is 2.65. The summed E-state index contributed by atoms with van der Waals surface area (Å²) in [7, 11) is 1.64. The molecule has 8 heteroatoms. The van der Waals surface area contributed by atoms with Crippen molar-refractivity contribution in [3.05, 3.63) is 47.2 Å². The topological polar surface area (TPSA) is 88.6 Å². The number of methoxy groups -OCH3 is 1. The Morgan fingerprint density at radius 1 is 1.29 bits per heavy atom. The van der Waals surface area contributed by atoms with Gasteiger partial charge in [0.25, 0.3) is 0 Å². The van der Waals surface area contributed by atoms with E-state index in [2.05, 4.69) is 15.6 Å². The van der Waals surface area contributed by atoms with Gasteiger partial charge in [0.15, 0.2) is 0 Å². The molecule has 8 nitrogen and oxygen atoms in total. The van der Waals surface area contributed by atoms with Crippen molar-refractivity contribution in [3.8, 4) is 5.88 Å². The molecule has 0 radical (unpaired) electrons. The first-order valence-corrected chi connectivity index (χ1v) is 9.45. The van der Waals surface area contributed by atoms with Crippen molar-refractivity contribution in [3.63, 3.8) is 0 Å². The fourth-order valence-electron chi connectivity index (χ4n) is 3.65. The van der Waals surface area contributed by atoms with Gasteiger partial charge in [-0.25, -0.2) is 9.78 Å². The van der Waals surface area contributed by atoms with Gasteiger partial charge >= 0.3 is 6.09 Å². The minimum absolute atomic E-state index is 0.255. The van der Waals surface area contributed by atoms with Crippen LogP contribution >= 0.6 is 0 Å². The Morgan fingerprint density at radius 3 is 2.82 bits per heavy atom. The Labute approximate surface area is 164 Å². The molecule has 2 aromatic rings. The van der Waals surface area contributed by atoms with E-state index in [1.54, 1.807) is 7.11 Å². The third-order valence-corrected chi connectivity index (χ3v) is 5.06. The third kappa shape index (κ3) is 3.87. The standard InChI is InChI=1S/C20H25N5O3/c1-20(24-19(26)28-11-14-6-4-3-5-7-14)12-25(13-20)18-22-16-10-21-9-8-15(16)17(23-18)27-2/h3-7,21H,8-13H2,1-2H3,(H,24,26). The van der Waals surface area contributed by atoms with Gasteiger partial charge in [-0.05, 0) is 25.5 Å². The number of rotatable bonds is 5. The molecule has 148 valence electrons. The van der Waals surface area contributed by atoms with Crippen LogP contribution in [0.15, 0.2) is 30.3 Å². The zero-order valence-electron chi connectivity index (χ0n) is 16.2. The second-order valence-corrected chi connectivity index (χ2v) is 7.49. The molecule has 3 heterocycles. The van der Waals surface area contributed by atoms with Crippen molar-refractivity contribution in [2.75, 3.05) is 31.6 Å². The normalized spacial score (nSPS) is 17.3. The highest BCUT2D eigenvalue weighted by Gasteiger charge is 2.42. The molecule has 0 spiro atoms. The van der Waals surface area contributed by atoms with Gasteiger partial charge in [-0.3, -0.25) is 0 Å². The van der Waals surface area contributed by atoms with Gasteiger partial charge in [0.1, 0.15) is 6.61 Å². The maximum atomic E-state index is 12.1. The number of alkyl carbamates (subject to hydrolysis) is 1. The number of carbonyl (C=O) groups excluding carboxylic acids is 1. The van der Waals surface area contributed by atoms with Crippen molar-refractivity contribution < 1.29 is 14.3 Å². The average molecular weight is 383 g/mol. The van der Waals surface area contributed by atoms with Crippen molar-refractivity contribution in [1.82, 2.24) is 20.6 Å². The Bertz CT molecular complexity index is 835. The highest BCUT2D eigenvalue weighted by molar-refractivity contribution is 5.69. The van der Waals surface area contributed by atoms with Crippen LogP contribution in [0.5, 0.6) is 5.88 Å². The quantitative estimate of drug-likeness (QED) is 0.811. The number of anilines is 1. The van der Waals surface area contributed by atoms with E-state index >= 15 is 0 Å². The van der Waals surface area contributed by atoms with Crippen molar-refractivity contribution >= 4 is 12.0 Å². The summed E-state index contributed by atoms with van der Waals surface area (Å²) in [6.45, 7) is 5.10. The molecular weight excluding hydrogens is 358 g/mol. The van der Waals surface area contributed by atoms with Crippen LogP contribution in [-0.2, 0) is 24.3 Å². The molecule has 2 aliphatic rings. The highest BCUT2D eigenvalue weighted by Crippen LogP contribution is 2.30. The van der Waals surface area contributed by atoms with E-state index in [4.69, 9.17) is 14.5 Å². The Morgan fingerprint density at radius 2 is 2.07 bits per heavy atom. The number of nitrogens with one attached hydrogen (secondary N) is 2. The number of benzene rings is 1. The van der Waals surface area contributed by atoms with E-state index in [9.17, 15) is 4.79 Å². The predicted molar refractivity (Wildman–Crippen MR) is 104 cm³/mol. The minimum Gasteiger partial charge on any atom is -0.481 e. The lowest BCUT2D eigenvalue weighted by Crippen LogP contribution is -2.69. The van der Waals surface area contributed by atoms with Gasteiger partial charge in [-0.15, -0.1) is 0 Å². The molecule has 2 aliphatic heterocycles. The maximum absolute atomic E-state index is 12.1. The van der Waals surface area contributed by atoms with E-state index in [1.807, 2.05) is 42.2 Å². The fourth-order valence-corrected chi connectivity index (χ4v) is 3.65. The predicted octanol–water partition coefficient (Wildman–Crippen LogP) is 1.64. The molecule has 0 atom stereocenters. The molecule has 0 bridgehead atoms. The lowest BCUT2D eigenvalue weighted by atomic mass is 9.93. The lowest BCUT2D eigenvalue weighted by Gasteiger charge is -2.48. The van der Waals surface area contributed by atoms with Crippen molar-refractivity contribution in [2.45, 2.75) is 32.0 Å². The Hall–Kier alpha value is -2.87. The first kappa shape index (κ1) is 18.5. The first-order chi connectivity index (χ1) is 13.6. The summed E-state index contributed by atoms with van der Waals surface area (Å²) >= 11 is 0. The molecule has 28 heavy (non-hydrogen) atoms. The number of fused-ring (bicyclic) bond motifs is 1. The molecule has 0 unspecified atom stereocenters. The Kier molecular flexibility index (Phi) is 5.04. The largest absolute Gasteiger partial charge is 0.481 e. The van der Waals surface area contributed by atoms with Gasteiger partial charge in [-0.2, -0.15) is 4.98 Å². The van der Waals surface area contributed by atoms with Crippen molar-refractivity contribution in [1.29, 1.82) is 0 Å². The summed E-state index contributed by atoms with van der Waals surface area (Å²) in [5.74, 6) is 1.28. The maximum Gasteiger partial charge on any atom is 0.408 e. The third-order valence-electron chi connectivity index (χ3n) is 5.06. The zero-order chi connectivity index (χ0) is 19.6. The van der Waals surface area contributed by atoms with E-state index in [-0.39, 0.29) is 12.1 Å². The summed E-state index contributed by atoms with van der Waals surface area (Å²) in [4.78, 5) is 23.4. The molecule has 1 aromatic carbocycles. The van der Waals surface area contributed by atoms with Gasteiger partial charge in [0.2, 0.25) is 11.8 Å². The van der Waals surface area contributed by atoms with Gasteiger partial charge in [0.05, 0.1) is 18.3 Å². The number of nitrogens with zero attached hydrogens (tertiary/aromatic N) is 3. The minimum atomic E-state index is -0.417. The van der Waals surface area contributed by atoms with Crippen LogP contribution in [0.2, 0.25) is 0 Å². The van der Waals surface area contributed by atoms with Gasteiger partial charge in [-0.1, -0.05) is 30.3 Å². The number of aromatic nitrogens is 2. The summed E-state index contributed by atoms with van der Waals surface area (Å²) in [6.07, 6.45) is 0.449. The van der Waals surface area contributed by atoms with Crippen LogP contribution in [0.1, 0.15) is 23.7 Å². The average Bonchev–Trinajstić information content (AvgIpc) is 2.70. The second kappa shape index (κ2) is 7.63. The fraction of sp³-hybridized carbons (Fsp3) is 0.450. The number of hydrogen-bond donors (Lipinski definition) is 2. The SMILES string of the molecule is COc1nc(N2CC(C)(NC(=O)OCc3ccccc3)C2)nc2c1CCNC2. The molecule has 1 saturated heterocycles. The molecule has 1 amide bonds. The van der Waals surface area contributed by atoms with E-state index in [0.717, 1.165) is 36.3 Å². The molecular formula is C20H25N5O3. The molecule has 4 rings (SSSR count). The number of amides is 1. The molecule has 1 fully saturated rings. The highest BCUT2D eigenvalue weighted by atomic mass is 16.5. The summed E-state index contributed by atoms with van der Waals surface area (Å²) in [5, 5.41) is 6.28. The second-order valence-electron chi connectivity index (χ2n) is 7.49. The van der Waals surface area contributed by atoms with Crippen LogP contribution in [0.3, 0.4) is 0 Å². The smallest absolute Gasteiger partial charge is 0.408 e.